The average molecular weight is 618 g/mol. The number of alkyl halides is 3. The van der Waals surface area contributed by atoms with E-state index in [0.29, 0.717) is 50.4 Å². The number of nitriles is 1. The van der Waals surface area contributed by atoms with Crippen molar-refractivity contribution in [2.75, 3.05) is 26.2 Å². The summed E-state index contributed by atoms with van der Waals surface area (Å²) in [6, 6.07) is 19.2. The van der Waals surface area contributed by atoms with E-state index in [1.54, 1.807) is 6.07 Å². The second-order valence-corrected chi connectivity index (χ2v) is 12.3. The van der Waals surface area contributed by atoms with Crippen LogP contribution in [-0.4, -0.2) is 52.0 Å². The van der Waals surface area contributed by atoms with Gasteiger partial charge in [0.2, 0.25) is 0 Å². The van der Waals surface area contributed by atoms with Crippen molar-refractivity contribution in [1.29, 1.82) is 5.26 Å². The molecule has 6 nitrogen and oxygen atoms in total. The fourth-order valence-corrected chi connectivity index (χ4v) is 7.36. The van der Waals surface area contributed by atoms with Gasteiger partial charge >= 0.3 is 12.2 Å². The number of amides is 2. The van der Waals surface area contributed by atoms with E-state index in [1.165, 1.54) is 0 Å². The number of hydrogen-bond acceptors (Lipinski definition) is 3. The highest BCUT2D eigenvalue weighted by atomic mass is 19.4. The van der Waals surface area contributed by atoms with E-state index in [-0.39, 0.29) is 22.5 Å². The maximum Gasteiger partial charge on any atom is 0.419 e. The molecule has 2 atom stereocenters. The lowest BCUT2D eigenvalue weighted by Crippen LogP contribution is -2.44. The number of nitrogens with one attached hydrogen (secondary N) is 1. The van der Waals surface area contributed by atoms with Gasteiger partial charge in [0, 0.05) is 32.2 Å². The summed E-state index contributed by atoms with van der Waals surface area (Å²) in [5.41, 5.74) is 1.35. The van der Waals surface area contributed by atoms with Crippen LogP contribution in [0.1, 0.15) is 68.5 Å². The maximum absolute atomic E-state index is 14.6. The third-order valence-electron chi connectivity index (χ3n) is 9.73. The molecule has 3 aromatic carbocycles. The lowest BCUT2D eigenvalue weighted by Gasteiger charge is -2.29. The largest absolute Gasteiger partial charge is 0.419 e. The number of halogens is 4. The minimum Gasteiger partial charge on any atom is -0.341 e. The molecular formula is C35H35F4N5O. The molecule has 2 amide bonds. The summed E-state index contributed by atoms with van der Waals surface area (Å²) in [5, 5.41) is 9.35. The highest BCUT2D eigenvalue weighted by molar-refractivity contribution is 5.78. The fraction of sp³-hybridized carbons (Fsp3) is 0.400. The van der Waals surface area contributed by atoms with Gasteiger partial charge in [-0.2, -0.15) is 18.4 Å². The van der Waals surface area contributed by atoms with Gasteiger partial charge in [-0.05, 0) is 79.3 Å². The number of fused-ring (bicyclic) bond motifs is 1. The Kier molecular flexibility index (Phi) is 7.84. The van der Waals surface area contributed by atoms with Gasteiger partial charge in [0.1, 0.15) is 11.6 Å². The molecular weight excluding hydrogens is 582 g/mol. The first kappa shape index (κ1) is 30.6. The van der Waals surface area contributed by atoms with Gasteiger partial charge in [0.15, 0.2) is 0 Å². The molecule has 1 N–H and O–H groups in total. The second-order valence-electron chi connectivity index (χ2n) is 12.3. The summed E-state index contributed by atoms with van der Waals surface area (Å²) in [4.78, 5) is 25.0. The number of nitrogens with zero attached hydrogens (tertiary/aromatic N) is 4. The Balaban J connectivity index is 1.40. The van der Waals surface area contributed by atoms with Crippen LogP contribution in [0.4, 0.5) is 22.4 Å². The van der Waals surface area contributed by atoms with E-state index < -0.39 is 23.0 Å². The Morgan fingerprint density at radius 1 is 1.07 bits per heavy atom. The molecule has 1 aliphatic carbocycles. The number of benzene rings is 3. The van der Waals surface area contributed by atoms with Crippen molar-refractivity contribution in [3.05, 3.63) is 89.0 Å². The number of H-pyrrole nitrogens is 1. The number of likely N-dealkylation sites (tertiary alicyclic amines) is 1. The molecule has 0 radical (unpaired) electrons. The van der Waals surface area contributed by atoms with Crippen LogP contribution >= 0.6 is 0 Å². The summed E-state index contributed by atoms with van der Waals surface area (Å²) < 4.78 is 55.2. The van der Waals surface area contributed by atoms with Gasteiger partial charge in [-0.3, -0.25) is 0 Å². The van der Waals surface area contributed by atoms with Gasteiger partial charge in [-0.1, -0.05) is 43.3 Å². The molecule has 1 saturated heterocycles. The lowest BCUT2D eigenvalue weighted by atomic mass is 9.80. The van der Waals surface area contributed by atoms with Gasteiger partial charge in [0.05, 0.1) is 33.6 Å². The Bertz CT molecular complexity index is 1780. The molecule has 45 heavy (non-hydrogen) atoms. The molecule has 2 fully saturated rings. The minimum atomic E-state index is -4.83. The Morgan fingerprint density at radius 2 is 1.84 bits per heavy atom. The summed E-state index contributed by atoms with van der Waals surface area (Å²) in [6.45, 7) is 6.55. The first-order valence-corrected chi connectivity index (χ1v) is 15.5. The van der Waals surface area contributed by atoms with E-state index in [2.05, 4.69) is 11.1 Å². The predicted molar refractivity (Wildman–Crippen MR) is 164 cm³/mol. The highest BCUT2D eigenvalue weighted by Gasteiger charge is 2.70. The van der Waals surface area contributed by atoms with Crippen molar-refractivity contribution in [2.45, 2.75) is 57.5 Å². The zero-order valence-electron chi connectivity index (χ0n) is 25.3. The Labute approximate surface area is 259 Å². The zero-order chi connectivity index (χ0) is 32.0. The van der Waals surface area contributed by atoms with E-state index in [9.17, 15) is 27.6 Å². The summed E-state index contributed by atoms with van der Waals surface area (Å²) in [5.74, 6) is -0.843. The van der Waals surface area contributed by atoms with E-state index in [1.807, 2.05) is 66.1 Å². The van der Waals surface area contributed by atoms with E-state index in [0.717, 1.165) is 48.1 Å². The topological polar surface area (TPSA) is 76.0 Å². The first-order valence-electron chi connectivity index (χ1n) is 15.5. The van der Waals surface area contributed by atoms with Gasteiger partial charge in [-0.15, -0.1) is 0 Å². The Hall–Kier alpha value is -4.39. The van der Waals surface area contributed by atoms with Gasteiger partial charge in [-0.25, -0.2) is 14.2 Å². The van der Waals surface area contributed by atoms with Gasteiger partial charge in [0.25, 0.3) is 0 Å². The van der Waals surface area contributed by atoms with E-state index >= 15 is 0 Å². The molecule has 2 aliphatic rings. The van der Waals surface area contributed by atoms with Crippen LogP contribution < -0.4 is 0 Å². The number of hydrogen-bond donors (Lipinski definition) is 1. The quantitative estimate of drug-likeness (QED) is 0.221. The van der Waals surface area contributed by atoms with Crippen LogP contribution in [0.5, 0.6) is 0 Å². The molecule has 234 valence electrons. The summed E-state index contributed by atoms with van der Waals surface area (Å²) in [6.07, 6.45) is -0.965. The van der Waals surface area contributed by atoms with Crippen LogP contribution in [0.15, 0.2) is 60.7 Å². The minimum absolute atomic E-state index is 0.0329. The molecule has 1 aliphatic heterocycles. The van der Waals surface area contributed by atoms with Crippen molar-refractivity contribution in [1.82, 2.24) is 19.8 Å². The molecule has 1 spiro atoms. The Morgan fingerprint density at radius 3 is 2.53 bits per heavy atom. The molecule has 2 unspecified atom stereocenters. The standard InChI is InChI=1S/C35H35F4N5O/c1-3-15-43(4-2)32(45)44-16-6-13-33(14-17-44)22-34(33,26-11-9-24(10-12-26)25-8-5-7-23(18-25)21-40)31-41-29-19-27(35(37,38)39)28(36)20-30(29)42-31/h5,7-12,18-20H,3-4,6,13-17,22H2,1-2H3,(H,41,42). The van der Waals surface area contributed by atoms with Crippen LogP contribution in [0.3, 0.4) is 0 Å². The zero-order valence-corrected chi connectivity index (χ0v) is 25.3. The number of aromatic amines is 1. The molecule has 1 saturated carbocycles. The third kappa shape index (κ3) is 5.32. The third-order valence-corrected chi connectivity index (χ3v) is 9.73. The smallest absolute Gasteiger partial charge is 0.341 e. The lowest BCUT2D eigenvalue weighted by molar-refractivity contribution is -0.139. The number of imidazole rings is 1. The van der Waals surface area contributed by atoms with Crippen molar-refractivity contribution < 1.29 is 22.4 Å². The molecule has 6 rings (SSSR count). The van der Waals surface area contributed by atoms with Crippen molar-refractivity contribution in [3.8, 4) is 17.2 Å². The van der Waals surface area contributed by atoms with Crippen LogP contribution in [0, 0.1) is 22.6 Å². The van der Waals surface area contributed by atoms with Crippen LogP contribution in [0.2, 0.25) is 0 Å². The highest BCUT2D eigenvalue weighted by Crippen LogP contribution is 2.72. The number of carbonyl (C=O) groups is 1. The molecule has 1 aromatic heterocycles. The second kappa shape index (κ2) is 11.5. The molecule has 10 heteroatoms. The maximum atomic E-state index is 14.6. The van der Waals surface area contributed by atoms with E-state index in [4.69, 9.17) is 4.98 Å². The summed E-state index contributed by atoms with van der Waals surface area (Å²) in [7, 11) is 0. The molecule has 4 aromatic rings. The average Bonchev–Trinajstić information content (AvgIpc) is 3.60. The predicted octanol–water partition coefficient (Wildman–Crippen LogP) is 8.27. The number of rotatable bonds is 6. The van der Waals surface area contributed by atoms with Crippen molar-refractivity contribution in [3.63, 3.8) is 0 Å². The number of aromatic nitrogens is 2. The molecule has 0 bridgehead atoms. The SMILES string of the molecule is CCCN(CC)C(=O)N1CCCC2(CC1)CC2(c1ccc(-c2cccc(C#N)c2)cc1)c1nc2cc(F)c(C(F)(F)F)cc2[nH]1. The van der Waals surface area contributed by atoms with Crippen LogP contribution in [0.25, 0.3) is 22.2 Å². The number of urea groups is 1. The van der Waals surface area contributed by atoms with Crippen LogP contribution in [-0.2, 0) is 11.6 Å². The van der Waals surface area contributed by atoms with Gasteiger partial charge < -0.3 is 14.8 Å². The van der Waals surface area contributed by atoms with Crippen molar-refractivity contribution >= 4 is 17.1 Å². The monoisotopic (exact) mass is 617 g/mol. The normalized spacial score (nSPS) is 21.5. The first-order chi connectivity index (χ1) is 21.5. The van der Waals surface area contributed by atoms with Crippen molar-refractivity contribution in [2.24, 2.45) is 5.41 Å². The fourth-order valence-electron chi connectivity index (χ4n) is 7.36. The number of carbonyl (C=O) groups excluding carboxylic acids is 1. The summed E-state index contributed by atoms with van der Waals surface area (Å²) >= 11 is 0. The molecule has 2 heterocycles.